The molecule has 0 amide bonds. The number of hydrogen-bond donors (Lipinski definition) is 2. The Kier molecular flexibility index (Phi) is 9.53. The van der Waals surface area contributed by atoms with Crippen LogP contribution in [0.15, 0.2) is 53.6 Å². The minimum atomic E-state index is -0.418. The number of fused-ring (bicyclic) bond motifs is 1. The van der Waals surface area contributed by atoms with E-state index < -0.39 is 5.82 Å². The Morgan fingerprint density at radius 2 is 2.06 bits per heavy atom. The largest absolute Gasteiger partial charge is 0.497 e. The molecule has 1 saturated heterocycles. The average Bonchev–Trinajstić information content (AvgIpc) is 2.91. The summed E-state index contributed by atoms with van der Waals surface area (Å²) in [4.78, 5) is 7.19. The van der Waals surface area contributed by atoms with Crippen LogP contribution in [0.1, 0.15) is 30.9 Å². The predicted molar refractivity (Wildman–Crippen MR) is 142 cm³/mol. The monoisotopic (exact) mass is 515 g/mol. The summed E-state index contributed by atoms with van der Waals surface area (Å²) in [7, 11) is 3.66. The molecular weight excluding hydrogens is 480 g/mol. The van der Waals surface area contributed by atoms with E-state index in [4.69, 9.17) is 4.74 Å². The lowest BCUT2D eigenvalue weighted by Gasteiger charge is -2.38. The van der Waals surface area contributed by atoms with Gasteiger partial charge in [0.05, 0.1) is 12.6 Å². The number of hydrogen-bond acceptors (Lipinski definition) is 6. The molecule has 2 aromatic carbocycles. The molecule has 4 rings (SSSR count). The van der Waals surface area contributed by atoms with Gasteiger partial charge in [0.25, 0.3) is 0 Å². The number of likely N-dealkylation sites (tertiary alicyclic amines) is 1. The Hall–Kier alpha value is -2.26. The van der Waals surface area contributed by atoms with Crippen LogP contribution in [0.2, 0.25) is 0 Å². The van der Waals surface area contributed by atoms with Gasteiger partial charge in [0.2, 0.25) is 0 Å². The number of rotatable bonds is 11. The molecule has 0 spiro atoms. The molecule has 1 aliphatic heterocycles. The number of aliphatic hydroxyl groups is 1. The fourth-order valence-corrected chi connectivity index (χ4v) is 6.20. The van der Waals surface area contributed by atoms with Gasteiger partial charge in [-0.2, -0.15) is 0 Å². The van der Waals surface area contributed by atoms with Crippen LogP contribution in [0, 0.1) is 23.5 Å². The summed E-state index contributed by atoms with van der Waals surface area (Å²) in [6.45, 7) is 2.72. The van der Waals surface area contributed by atoms with Crippen LogP contribution in [0.3, 0.4) is 0 Å². The van der Waals surface area contributed by atoms with Crippen molar-refractivity contribution >= 4 is 22.7 Å². The number of benzene rings is 2. The second-order valence-electron chi connectivity index (χ2n) is 9.42. The Morgan fingerprint density at radius 1 is 1.19 bits per heavy atom. The Morgan fingerprint density at radius 3 is 2.83 bits per heavy atom. The van der Waals surface area contributed by atoms with E-state index in [1.54, 1.807) is 7.11 Å². The highest BCUT2D eigenvalue weighted by atomic mass is 32.2. The third kappa shape index (κ3) is 6.54. The molecule has 1 aromatic heterocycles. The van der Waals surface area contributed by atoms with Gasteiger partial charge in [-0.15, -0.1) is 11.8 Å². The predicted octanol–water partition coefficient (Wildman–Crippen LogP) is 5.29. The van der Waals surface area contributed by atoms with E-state index in [-0.39, 0.29) is 24.4 Å². The normalized spacial score (nSPS) is 19.5. The fourth-order valence-electron chi connectivity index (χ4n) is 5.23. The maximum Gasteiger partial charge on any atom is 0.136 e. The topological polar surface area (TPSA) is 57.6 Å². The van der Waals surface area contributed by atoms with Crippen LogP contribution in [0.25, 0.3) is 10.9 Å². The summed E-state index contributed by atoms with van der Waals surface area (Å²) >= 11 is 1.34. The van der Waals surface area contributed by atoms with Gasteiger partial charge >= 0.3 is 0 Å². The molecule has 2 N–H and O–H groups in total. The van der Waals surface area contributed by atoms with Gasteiger partial charge < -0.3 is 20.1 Å². The molecule has 8 heteroatoms. The summed E-state index contributed by atoms with van der Waals surface area (Å²) in [6, 6.07) is 11.8. The van der Waals surface area contributed by atoms with E-state index in [1.165, 1.54) is 29.5 Å². The first kappa shape index (κ1) is 26.8. The van der Waals surface area contributed by atoms with Gasteiger partial charge in [-0.1, -0.05) is 0 Å². The van der Waals surface area contributed by atoms with Gasteiger partial charge in [0, 0.05) is 48.0 Å². The standard InChI is InChI=1S/C28H35F2N3O2S/c1-31-26(23-9-11-32-27-8-5-22(35-2)16-24(23)27)7-3-19-10-12-33(17-20(19)18-34)13-14-36-28-15-21(29)4-6-25(28)30/h4-6,8-9,11,15-16,19-20,26,31,34H,3,7,10,12-14,17-18H2,1-2H3/t19-,20-,26+/m1/s1. The first-order chi connectivity index (χ1) is 17.5. The first-order valence-corrected chi connectivity index (χ1v) is 13.5. The highest BCUT2D eigenvalue weighted by Crippen LogP contribution is 2.33. The van der Waals surface area contributed by atoms with E-state index in [9.17, 15) is 13.9 Å². The summed E-state index contributed by atoms with van der Waals surface area (Å²) in [5.74, 6) is 1.35. The van der Waals surface area contributed by atoms with Crippen molar-refractivity contribution in [1.29, 1.82) is 0 Å². The van der Waals surface area contributed by atoms with Crippen LogP contribution < -0.4 is 10.1 Å². The molecule has 0 bridgehead atoms. The number of methoxy groups -OCH3 is 1. The minimum absolute atomic E-state index is 0.159. The Labute approximate surface area is 216 Å². The highest BCUT2D eigenvalue weighted by molar-refractivity contribution is 7.99. The van der Waals surface area contributed by atoms with Crippen molar-refractivity contribution in [3.8, 4) is 5.75 Å². The number of nitrogens with zero attached hydrogens (tertiary/aromatic N) is 2. The molecule has 0 saturated carbocycles. The molecular formula is C28H35F2N3O2S. The van der Waals surface area contributed by atoms with Crippen LogP contribution in [-0.4, -0.2) is 61.1 Å². The maximum absolute atomic E-state index is 13.9. The third-order valence-corrected chi connectivity index (χ3v) is 8.31. The zero-order valence-corrected chi connectivity index (χ0v) is 21.7. The van der Waals surface area contributed by atoms with Crippen molar-refractivity contribution < 1.29 is 18.6 Å². The lowest BCUT2D eigenvalue weighted by Crippen LogP contribution is -2.43. The third-order valence-electron chi connectivity index (χ3n) is 7.30. The fraction of sp³-hybridized carbons (Fsp3) is 0.464. The summed E-state index contributed by atoms with van der Waals surface area (Å²) in [5, 5.41) is 14.7. The van der Waals surface area contributed by atoms with E-state index in [1.807, 2.05) is 31.4 Å². The van der Waals surface area contributed by atoms with Crippen molar-refractivity contribution in [1.82, 2.24) is 15.2 Å². The lowest BCUT2D eigenvalue weighted by atomic mass is 9.81. The quantitative estimate of drug-likeness (QED) is 0.339. The SMILES string of the molecule is CN[C@@H](CC[C@@H]1CCN(CCSc2cc(F)ccc2F)C[C@@H]1CO)c1ccnc2ccc(OC)cc12. The molecule has 36 heavy (non-hydrogen) atoms. The lowest BCUT2D eigenvalue weighted by molar-refractivity contribution is 0.0696. The molecule has 0 unspecified atom stereocenters. The number of nitrogens with one attached hydrogen (secondary N) is 1. The molecule has 1 fully saturated rings. The summed E-state index contributed by atoms with van der Waals surface area (Å²) < 4.78 is 32.7. The van der Waals surface area contributed by atoms with E-state index >= 15 is 0 Å². The number of thioether (sulfide) groups is 1. The number of aliphatic hydroxyl groups excluding tert-OH is 1. The first-order valence-electron chi connectivity index (χ1n) is 12.5. The minimum Gasteiger partial charge on any atom is -0.497 e. The van der Waals surface area contributed by atoms with Crippen LogP contribution in [-0.2, 0) is 0 Å². The molecule has 3 atom stereocenters. The number of halogens is 2. The maximum atomic E-state index is 13.9. The summed E-state index contributed by atoms with van der Waals surface area (Å²) in [5.41, 5.74) is 2.16. The number of pyridine rings is 1. The van der Waals surface area contributed by atoms with Gasteiger partial charge in [-0.25, -0.2) is 8.78 Å². The smallest absolute Gasteiger partial charge is 0.136 e. The van der Waals surface area contributed by atoms with Gasteiger partial charge in [-0.05, 0) is 92.7 Å². The number of aromatic nitrogens is 1. The summed E-state index contributed by atoms with van der Waals surface area (Å²) in [6.07, 6.45) is 4.85. The van der Waals surface area contributed by atoms with Crippen LogP contribution in [0.4, 0.5) is 8.78 Å². The molecule has 1 aliphatic rings. The van der Waals surface area contributed by atoms with E-state index in [0.29, 0.717) is 16.6 Å². The average molecular weight is 516 g/mol. The molecule has 2 heterocycles. The number of piperidine rings is 1. The van der Waals surface area contributed by atoms with Gasteiger partial charge in [0.15, 0.2) is 0 Å². The Balaban J connectivity index is 1.33. The van der Waals surface area contributed by atoms with E-state index in [0.717, 1.165) is 61.6 Å². The van der Waals surface area contributed by atoms with Crippen LogP contribution in [0.5, 0.6) is 5.75 Å². The molecule has 5 nitrogen and oxygen atoms in total. The highest BCUT2D eigenvalue weighted by Gasteiger charge is 2.29. The van der Waals surface area contributed by atoms with Crippen molar-refractivity contribution in [2.24, 2.45) is 11.8 Å². The van der Waals surface area contributed by atoms with Gasteiger partial charge in [-0.3, -0.25) is 4.98 Å². The van der Waals surface area contributed by atoms with E-state index in [2.05, 4.69) is 21.3 Å². The van der Waals surface area contributed by atoms with Crippen molar-refractivity contribution in [2.75, 3.05) is 46.2 Å². The second kappa shape index (κ2) is 12.8. The zero-order chi connectivity index (χ0) is 25.5. The van der Waals surface area contributed by atoms with Crippen LogP contribution >= 0.6 is 11.8 Å². The van der Waals surface area contributed by atoms with Crippen molar-refractivity contribution in [3.05, 3.63) is 65.9 Å². The van der Waals surface area contributed by atoms with Crippen molar-refractivity contribution in [3.63, 3.8) is 0 Å². The molecule has 194 valence electrons. The molecule has 3 aromatic rings. The zero-order valence-electron chi connectivity index (χ0n) is 20.9. The Bertz CT molecular complexity index is 1150. The van der Waals surface area contributed by atoms with Crippen molar-refractivity contribution in [2.45, 2.75) is 30.2 Å². The number of ether oxygens (including phenoxy) is 1. The molecule has 0 radical (unpaired) electrons. The second-order valence-corrected chi connectivity index (χ2v) is 10.6. The molecule has 0 aliphatic carbocycles. The van der Waals surface area contributed by atoms with Gasteiger partial charge in [0.1, 0.15) is 17.4 Å².